The second-order valence-electron chi connectivity index (χ2n) is 7.30. The van der Waals surface area contributed by atoms with Crippen molar-refractivity contribution in [1.82, 2.24) is 9.88 Å². The van der Waals surface area contributed by atoms with Gasteiger partial charge in [0.2, 0.25) is 0 Å². The Bertz CT molecular complexity index is 791. The first-order valence-corrected chi connectivity index (χ1v) is 10.5. The number of pyridine rings is 1. The third kappa shape index (κ3) is 4.35. The van der Waals surface area contributed by atoms with Gasteiger partial charge in [0.05, 0.1) is 29.0 Å². The number of likely N-dealkylation sites (tertiary alicyclic amines) is 1. The zero-order chi connectivity index (χ0) is 20.3. The molecular formula is C19H27ClN6OS. The molecule has 1 spiro atoms. The number of anilines is 1. The van der Waals surface area contributed by atoms with Gasteiger partial charge in [0.25, 0.3) is 0 Å². The Morgan fingerprint density at radius 3 is 2.82 bits per heavy atom. The van der Waals surface area contributed by atoms with Gasteiger partial charge in [-0.25, -0.2) is 9.98 Å². The molecule has 0 radical (unpaired) electrons. The molecular weight excluding hydrogens is 396 g/mol. The summed E-state index contributed by atoms with van der Waals surface area (Å²) in [4.78, 5) is 15.7. The number of halogens is 1. The molecule has 0 aromatic carbocycles. The number of hydrogen-bond acceptors (Lipinski definition) is 8. The van der Waals surface area contributed by atoms with Crippen molar-refractivity contribution in [2.75, 3.05) is 25.4 Å². The third-order valence-corrected chi connectivity index (χ3v) is 7.06. The van der Waals surface area contributed by atoms with Crippen LogP contribution in [-0.2, 0) is 4.74 Å². The van der Waals surface area contributed by atoms with Crippen LogP contribution in [0.1, 0.15) is 26.7 Å². The van der Waals surface area contributed by atoms with E-state index >= 15 is 0 Å². The highest BCUT2D eigenvalue weighted by atomic mass is 35.5. The molecule has 2 aliphatic rings. The zero-order valence-corrected chi connectivity index (χ0v) is 17.8. The maximum atomic E-state index is 6.39. The number of piperidine rings is 1. The summed E-state index contributed by atoms with van der Waals surface area (Å²) in [5, 5.41) is 1.26. The number of hydrogen-bond donors (Lipinski definition) is 2. The van der Waals surface area contributed by atoms with Gasteiger partial charge in [-0.05, 0) is 39.5 Å². The lowest BCUT2D eigenvalue weighted by Crippen LogP contribution is -2.50. The predicted octanol–water partition coefficient (Wildman–Crippen LogP) is 3.16. The van der Waals surface area contributed by atoms with E-state index in [1.54, 1.807) is 12.4 Å². The van der Waals surface area contributed by atoms with Gasteiger partial charge in [-0.15, -0.1) is 0 Å². The van der Waals surface area contributed by atoms with E-state index in [0.717, 1.165) is 48.3 Å². The van der Waals surface area contributed by atoms with Crippen molar-refractivity contribution in [1.29, 1.82) is 0 Å². The summed E-state index contributed by atoms with van der Waals surface area (Å²) in [5.74, 6) is 1.07. The first-order chi connectivity index (χ1) is 13.4. The predicted molar refractivity (Wildman–Crippen MR) is 117 cm³/mol. The molecule has 2 fully saturated rings. The number of ether oxygens (including phenoxy) is 1. The average Bonchev–Trinajstić information content (AvgIpc) is 2.96. The molecule has 3 rings (SSSR count). The number of rotatable bonds is 4. The van der Waals surface area contributed by atoms with Crippen LogP contribution in [0.25, 0.3) is 0 Å². The Kier molecular flexibility index (Phi) is 6.65. The summed E-state index contributed by atoms with van der Waals surface area (Å²) in [6.07, 6.45) is 5.46. The number of nitrogens with zero attached hydrogens (tertiary/aromatic N) is 4. The monoisotopic (exact) mass is 422 g/mol. The molecule has 2 atom stereocenters. The van der Waals surface area contributed by atoms with E-state index in [0.29, 0.717) is 10.8 Å². The molecule has 1 aromatic rings. The molecule has 28 heavy (non-hydrogen) atoms. The summed E-state index contributed by atoms with van der Waals surface area (Å²) in [5.41, 5.74) is 12.2. The zero-order valence-electron chi connectivity index (χ0n) is 16.3. The highest BCUT2D eigenvalue weighted by Crippen LogP contribution is 2.41. The molecule has 0 amide bonds. The van der Waals surface area contributed by atoms with E-state index in [1.165, 1.54) is 11.8 Å². The Morgan fingerprint density at radius 1 is 1.50 bits per heavy atom. The van der Waals surface area contributed by atoms with Crippen LogP contribution < -0.4 is 11.5 Å². The first kappa shape index (κ1) is 21.1. The van der Waals surface area contributed by atoms with Gasteiger partial charge in [-0.2, -0.15) is 0 Å². The Hall–Kier alpha value is -1.61. The molecule has 7 nitrogen and oxygen atoms in total. The Morgan fingerprint density at radius 2 is 2.21 bits per heavy atom. The summed E-state index contributed by atoms with van der Waals surface area (Å²) < 4.78 is 5.79. The molecule has 1 aromatic heterocycles. The van der Waals surface area contributed by atoms with Crippen molar-refractivity contribution in [3.05, 3.63) is 29.3 Å². The molecule has 0 aliphatic carbocycles. The molecule has 0 bridgehead atoms. The smallest absolute Gasteiger partial charge is 0.146 e. The summed E-state index contributed by atoms with van der Waals surface area (Å²) in [6.45, 7) is 10.1. The van der Waals surface area contributed by atoms with Crippen LogP contribution in [0.4, 0.5) is 5.82 Å². The quantitative estimate of drug-likeness (QED) is 0.439. The average molecular weight is 423 g/mol. The minimum atomic E-state index is 0.0786. The van der Waals surface area contributed by atoms with Crippen molar-refractivity contribution < 1.29 is 4.74 Å². The molecule has 2 saturated heterocycles. The van der Waals surface area contributed by atoms with Crippen LogP contribution >= 0.6 is 23.4 Å². The topological polar surface area (TPSA) is 102 Å². The number of nitrogens with two attached hydrogens (primary N) is 2. The molecule has 4 N–H and O–H groups in total. The van der Waals surface area contributed by atoms with Gasteiger partial charge in [0.1, 0.15) is 11.6 Å². The van der Waals surface area contributed by atoms with Crippen LogP contribution in [-0.4, -0.2) is 53.5 Å². The van der Waals surface area contributed by atoms with Crippen molar-refractivity contribution in [3.8, 4) is 0 Å². The Labute approximate surface area is 175 Å². The van der Waals surface area contributed by atoms with E-state index in [1.807, 2.05) is 13.0 Å². The molecule has 152 valence electrons. The SMILES string of the molecule is C=N/C(=C\N=C(/C)Sc1ccnc(N)c1Cl)N1CCC2(CC1)CO[C@H](C)[C@H]2N. The lowest BCUT2D eigenvalue weighted by atomic mass is 9.73. The second kappa shape index (κ2) is 8.82. The fourth-order valence-electron chi connectivity index (χ4n) is 3.73. The molecule has 2 aliphatic heterocycles. The minimum absolute atomic E-state index is 0.0786. The van der Waals surface area contributed by atoms with E-state index in [9.17, 15) is 0 Å². The second-order valence-corrected chi connectivity index (χ2v) is 8.91. The highest BCUT2D eigenvalue weighted by molar-refractivity contribution is 8.14. The molecule has 3 heterocycles. The summed E-state index contributed by atoms with van der Waals surface area (Å²) >= 11 is 7.63. The maximum absolute atomic E-state index is 6.39. The van der Waals surface area contributed by atoms with Crippen LogP contribution in [0.2, 0.25) is 5.02 Å². The van der Waals surface area contributed by atoms with E-state index in [2.05, 4.69) is 33.5 Å². The minimum Gasteiger partial charge on any atom is -0.382 e. The van der Waals surface area contributed by atoms with Crippen LogP contribution in [0.3, 0.4) is 0 Å². The van der Waals surface area contributed by atoms with E-state index in [4.69, 9.17) is 27.8 Å². The van der Waals surface area contributed by atoms with E-state index < -0.39 is 0 Å². The van der Waals surface area contributed by atoms with Gasteiger partial charge in [-0.3, -0.25) is 4.99 Å². The van der Waals surface area contributed by atoms with Crippen LogP contribution in [0, 0.1) is 5.41 Å². The van der Waals surface area contributed by atoms with E-state index in [-0.39, 0.29) is 17.6 Å². The standard InChI is InChI=1S/C19H27ClN6OS/c1-12-17(21)19(11-27-12)5-8-26(9-6-19)15(23-3)10-25-13(2)28-14-4-7-24-18(22)16(14)20/h4,7,10,12,17H,3,5-6,8-9,11,21H2,1-2H3,(H2,22,24)/b15-10+,25-13+/t12-,17-/m1/s1. The fourth-order valence-corrected chi connectivity index (χ4v) is 4.71. The highest BCUT2D eigenvalue weighted by Gasteiger charge is 2.47. The first-order valence-electron chi connectivity index (χ1n) is 9.27. The van der Waals surface area contributed by atoms with Crippen molar-refractivity contribution >= 4 is 40.9 Å². The summed E-state index contributed by atoms with van der Waals surface area (Å²) in [6, 6.07) is 1.91. The number of thioether (sulfide) groups is 1. The normalized spacial score (nSPS) is 25.4. The molecule has 0 saturated carbocycles. The van der Waals surface area contributed by atoms with Gasteiger partial charge in [-0.1, -0.05) is 23.4 Å². The summed E-state index contributed by atoms with van der Waals surface area (Å²) in [7, 11) is 0. The maximum Gasteiger partial charge on any atom is 0.146 e. The van der Waals surface area contributed by atoms with Crippen LogP contribution in [0.5, 0.6) is 0 Å². The van der Waals surface area contributed by atoms with Crippen molar-refractivity contribution in [2.45, 2.75) is 43.7 Å². The lowest BCUT2D eigenvalue weighted by Gasteiger charge is -2.41. The Balaban J connectivity index is 1.65. The number of aromatic nitrogens is 1. The number of nitrogen functional groups attached to an aromatic ring is 1. The van der Waals surface area contributed by atoms with Gasteiger partial charge in [0, 0.05) is 35.6 Å². The largest absolute Gasteiger partial charge is 0.382 e. The van der Waals surface area contributed by atoms with Gasteiger partial charge < -0.3 is 21.1 Å². The lowest BCUT2D eigenvalue weighted by molar-refractivity contribution is 0.0771. The number of aliphatic imine (C=N–C) groups is 2. The van der Waals surface area contributed by atoms with Gasteiger partial charge >= 0.3 is 0 Å². The van der Waals surface area contributed by atoms with Gasteiger partial charge in [0.15, 0.2) is 0 Å². The molecule has 0 unspecified atom stereocenters. The van der Waals surface area contributed by atoms with Crippen molar-refractivity contribution in [3.63, 3.8) is 0 Å². The third-order valence-electron chi connectivity index (χ3n) is 5.59. The fraction of sp³-hybridized carbons (Fsp3) is 0.526. The van der Waals surface area contributed by atoms with Crippen LogP contribution in [0.15, 0.2) is 39.2 Å². The van der Waals surface area contributed by atoms with Crippen molar-refractivity contribution in [2.24, 2.45) is 21.1 Å². The molecule has 9 heteroatoms.